The van der Waals surface area contributed by atoms with Gasteiger partial charge in [-0.05, 0) is 17.7 Å². The van der Waals surface area contributed by atoms with Crippen LogP contribution in [-0.4, -0.2) is 11.7 Å². The van der Waals surface area contributed by atoms with Gasteiger partial charge >= 0.3 is 6.18 Å². The van der Waals surface area contributed by atoms with Gasteiger partial charge in [0, 0.05) is 0 Å². The van der Waals surface area contributed by atoms with Crippen LogP contribution < -0.4 is 5.73 Å². The summed E-state index contributed by atoms with van der Waals surface area (Å²) in [6.45, 7) is -0.418. The van der Waals surface area contributed by atoms with Crippen LogP contribution in [0.1, 0.15) is 17.2 Å². The molecule has 0 aromatic heterocycles. The van der Waals surface area contributed by atoms with Gasteiger partial charge in [-0.1, -0.05) is 17.7 Å². The Morgan fingerprint density at radius 1 is 1.38 bits per heavy atom. The Morgan fingerprint density at radius 3 is 2.38 bits per heavy atom. The fourth-order valence-electron chi connectivity index (χ4n) is 1.10. The van der Waals surface area contributed by atoms with Crippen LogP contribution in [0.25, 0.3) is 0 Å². The topological polar surface area (TPSA) is 46.2 Å². The third-order valence-electron chi connectivity index (χ3n) is 1.92. The van der Waals surface area contributed by atoms with Crippen LogP contribution in [0.15, 0.2) is 18.2 Å². The SMILES string of the molecule is Cl.N[C@@H](CO)c1ccc(Cl)c(C(F)(F)F)c1. The van der Waals surface area contributed by atoms with Gasteiger partial charge in [0.25, 0.3) is 0 Å². The fourth-order valence-corrected chi connectivity index (χ4v) is 1.32. The Labute approximate surface area is 102 Å². The van der Waals surface area contributed by atoms with Gasteiger partial charge in [0.15, 0.2) is 0 Å². The van der Waals surface area contributed by atoms with Gasteiger partial charge in [0.2, 0.25) is 0 Å². The highest BCUT2D eigenvalue weighted by Crippen LogP contribution is 2.35. The molecular formula is C9H10Cl2F3NO. The van der Waals surface area contributed by atoms with Gasteiger partial charge in [-0.2, -0.15) is 13.2 Å². The number of halogens is 5. The lowest BCUT2D eigenvalue weighted by molar-refractivity contribution is -0.137. The Bertz CT molecular complexity index is 357. The highest BCUT2D eigenvalue weighted by atomic mass is 35.5. The second kappa shape index (κ2) is 5.72. The summed E-state index contributed by atoms with van der Waals surface area (Å²) in [6.07, 6.45) is -4.51. The highest BCUT2D eigenvalue weighted by molar-refractivity contribution is 6.31. The fraction of sp³-hybridized carbons (Fsp3) is 0.333. The van der Waals surface area contributed by atoms with Crippen molar-refractivity contribution in [2.75, 3.05) is 6.61 Å². The number of benzene rings is 1. The number of hydrogen-bond donors (Lipinski definition) is 2. The third-order valence-corrected chi connectivity index (χ3v) is 2.25. The van der Waals surface area contributed by atoms with E-state index in [4.69, 9.17) is 22.4 Å². The molecule has 0 aliphatic rings. The van der Waals surface area contributed by atoms with Crippen LogP contribution in [0.5, 0.6) is 0 Å². The summed E-state index contributed by atoms with van der Waals surface area (Å²) in [5.41, 5.74) is 4.66. The molecular weight excluding hydrogens is 266 g/mol. The van der Waals surface area contributed by atoms with E-state index in [2.05, 4.69) is 0 Å². The molecule has 3 N–H and O–H groups in total. The molecule has 2 nitrogen and oxygen atoms in total. The minimum atomic E-state index is -4.51. The smallest absolute Gasteiger partial charge is 0.394 e. The van der Waals surface area contributed by atoms with Gasteiger partial charge in [-0.15, -0.1) is 12.4 Å². The van der Waals surface area contributed by atoms with Crippen molar-refractivity contribution in [2.24, 2.45) is 5.73 Å². The Balaban J connectivity index is 0.00000225. The van der Waals surface area contributed by atoms with Crippen LogP contribution in [0, 0.1) is 0 Å². The van der Waals surface area contributed by atoms with E-state index in [1.807, 2.05) is 0 Å². The molecule has 1 rings (SSSR count). The van der Waals surface area contributed by atoms with Crippen LogP contribution in [0.3, 0.4) is 0 Å². The van der Waals surface area contributed by atoms with Crippen molar-refractivity contribution in [3.8, 4) is 0 Å². The summed E-state index contributed by atoms with van der Waals surface area (Å²) < 4.78 is 37.2. The predicted octanol–water partition coefficient (Wildman–Crippen LogP) is 2.77. The molecule has 0 saturated heterocycles. The van der Waals surface area contributed by atoms with Crippen molar-refractivity contribution in [3.63, 3.8) is 0 Å². The van der Waals surface area contributed by atoms with E-state index in [0.29, 0.717) is 0 Å². The lowest BCUT2D eigenvalue weighted by atomic mass is 10.0. The average molecular weight is 276 g/mol. The summed E-state index contributed by atoms with van der Waals surface area (Å²) in [5.74, 6) is 0. The van der Waals surface area contributed by atoms with Gasteiger partial charge in [-0.25, -0.2) is 0 Å². The van der Waals surface area contributed by atoms with E-state index < -0.39 is 24.4 Å². The van der Waals surface area contributed by atoms with E-state index >= 15 is 0 Å². The molecule has 1 aromatic carbocycles. The highest BCUT2D eigenvalue weighted by Gasteiger charge is 2.33. The van der Waals surface area contributed by atoms with Crippen molar-refractivity contribution < 1.29 is 18.3 Å². The molecule has 0 aliphatic carbocycles. The quantitative estimate of drug-likeness (QED) is 0.872. The third kappa shape index (κ3) is 3.52. The molecule has 0 unspecified atom stereocenters. The number of hydrogen-bond acceptors (Lipinski definition) is 2. The molecule has 0 saturated carbocycles. The molecule has 0 heterocycles. The second-order valence-electron chi connectivity index (χ2n) is 3.03. The molecule has 16 heavy (non-hydrogen) atoms. The van der Waals surface area contributed by atoms with Gasteiger partial charge in [0.05, 0.1) is 23.2 Å². The van der Waals surface area contributed by atoms with Crippen molar-refractivity contribution in [3.05, 3.63) is 34.3 Å². The first kappa shape index (κ1) is 15.5. The maximum absolute atomic E-state index is 12.4. The number of alkyl halides is 3. The Morgan fingerprint density at radius 2 is 1.94 bits per heavy atom. The molecule has 92 valence electrons. The minimum absolute atomic E-state index is 0. The van der Waals surface area contributed by atoms with E-state index in [-0.39, 0.29) is 23.0 Å². The van der Waals surface area contributed by atoms with E-state index in [9.17, 15) is 13.2 Å². The molecule has 0 radical (unpaired) electrons. The summed E-state index contributed by atoms with van der Waals surface area (Å²) >= 11 is 5.41. The molecule has 0 amide bonds. The standard InChI is InChI=1S/C9H9ClF3NO.ClH/c10-7-2-1-5(8(14)4-15)3-6(7)9(11,12)13;/h1-3,8,15H,4,14H2;1H/t8-;/m0./s1. The molecule has 7 heteroatoms. The van der Waals surface area contributed by atoms with Gasteiger partial charge in [0.1, 0.15) is 0 Å². The maximum atomic E-state index is 12.4. The van der Waals surface area contributed by atoms with Crippen molar-refractivity contribution in [1.29, 1.82) is 0 Å². The van der Waals surface area contributed by atoms with E-state index in [1.165, 1.54) is 6.07 Å². The number of aliphatic hydroxyl groups excluding tert-OH is 1. The van der Waals surface area contributed by atoms with Crippen LogP contribution in [0.4, 0.5) is 13.2 Å². The van der Waals surface area contributed by atoms with Crippen molar-refractivity contribution >= 4 is 24.0 Å². The van der Waals surface area contributed by atoms with Crippen molar-refractivity contribution in [1.82, 2.24) is 0 Å². The van der Waals surface area contributed by atoms with E-state index in [0.717, 1.165) is 12.1 Å². The molecule has 1 aromatic rings. The first-order valence-corrected chi connectivity index (χ1v) is 4.47. The number of nitrogens with two attached hydrogens (primary N) is 1. The Hall–Kier alpha value is -0.490. The number of aliphatic hydroxyl groups is 1. The maximum Gasteiger partial charge on any atom is 0.417 e. The summed E-state index contributed by atoms with van der Waals surface area (Å²) in [6, 6.07) is 2.50. The first-order valence-electron chi connectivity index (χ1n) is 4.09. The summed E-state index contributed by atoms with van der Waals surface area (Å²) in [7, 11) is 0. The zero-order valence-electron chi connectivity index (χ0n) is 7.96. The van der Waals surface area contributed by atoms with Crippen LogP contribution >= 0.6 is 24.0 Å². The minimum Gasteiger partial charge on any atom is -0.394 e. The second-order valence-corrected chi connectivity index (χ2v) is 3.43. The average Bonchev–Trinajstić information content (AvgIpc) is 2.15. The van der Waals surface area contributed by atoms with Crippen LogP contribution in [0.2, 0.25) is 5.02 Å². The van der Waals surface area contributed by atoms with Crippen molar-refractivity contribution in [2.45, 2.75) is 12.2 Å². The first-order chi connectivity index (χ1) is 6.86. The largest absolute Gasteiger partial charge is 0.417 e. The monoisotopic (exact) mass is 275 g/mol. The molecule has 1 atom stereocenters. The Kier molecular flexibility index (Phi) is 5.55. The lowest BCUT2D eigenvalue weighted by Crippen LogP contribution is -2.16. The number of rotatable bonds is 2. The van der Waals surface area contributed by atoms with Gasteiger partial charge < -0.3 is 10.8 Å². The normalized spacial score (nSPS) is 13.1. The zero-order chi connectivity index (χ0) is 11.6. The predicted molar refractivity (Wildman–Crippen MR) is 57.7 cm³/mol. The summed E-state index contributed by atoms with van der Waals surface area (Å²) in [4.78, 5) is 0. The molecule has 0 fully saturated rings. The molecule has 0 bridgehead atoms. The van der Waals surface area contributed by atoms with Gasteiger partial charge in [-0.3, -0.25) is 0 Å². The molecule has 0 aliphatic heterocycles. The summed E-state index contributed by atoms with van der Waals surface area (Å²) in [5, 5.41) is 8.33. The van der Waals surface area contributed by atoms with Crippen LogP contribution in [-0.2, 0) is 6.18 Å². The molecule has 0 spiro atoms. The van der Waals surface area contributed by atoms with E-state index in [1.54, 1.807) is 0 Å². The zero-order valence-corrected chi connectivity index (χ0v) is 9.53. The lowest BCUT2D eigenvalue weighted by Gasteiger charge is -2.13.